The standard InChI is InChI=1S/C23H28ClN3O/c1-2-18-8-11-22-21(16-18)23(28-15-5-14-26-12-3-4-13-26)25-27(22)17-19-6-9-20(24)10-7-19/h6-11,16H,2-5,12-15,17H2,1H3. The first-order valence-electron chi connectivity index (χ1n) is 10.3. The Kier molecular flexibility index (Phi) is 6.18. The van der Waals surface area contributed by atoms with Crippen molar-refractivity contribution in [1.82, 2.24) is 14.7 Å². The number of nitrogens with zero attached hydrogens (tertiary/aromatic N) is 3. The molecule has 3 aromatic rings. The molecule has 1 aromatic heterocycles. The van der Waals surface area contributed by atoms with Gasteiger partial charge in [0.15, 0.2) is 0 Å². The summed E-state index contributed by atoms with van der Waals surface area (Å²) in [6.07, 6.45) is 4.71. The third kappa shape index (κ3) is 4.50. The molecule has 4 nitrogen and oxygen atoms in total. The maximum Gasteiger partial charge on any atom is 0.240 e. The van der Waals surface area contributed by atoms with Gasteiger partial charge in [-0.2, -0.15) is 0 Å². The zero-order valence-corrected chi connectivity index (χ0v) is 17.3. The van der Waals surface area contributed by atoms with Gasteiger partial charge in [0, 0.05) is 11.6 Å². The van der Waals surface area contributed by atoms with Crippen LogP contribution in [-0.2, 0) is 13.0 Å². The highest BCUT2D eigenvalue weighted by Crippen LogP contribution is 2.27. The predicted molar refractivity (Wildman–Crippen MR) is 115 cm³/mol. The van der Waals surface area contributed by atoms with Crippen molar-refractivity contribution in [3.05, 3.63) is 58.6 Å². The van der Waals surface area contributed by atoms with Gasteiger partial charge in [0.25, 0.3) is 0 Å². The van der Waals surface area contributed by atoms with Crippen LogP contribution in [0.5, 0.6) is 5.88 Å². The number of hydrogen-bond donors (Lipinski definition) is 0. The van der Waals surface area contributed by atoms with Gasteiger partial charge in [-0.05, 0) is 74.2 Å². The summed E-state index contributed by atoms with van der Waals surface area (Å²) in [5, 5.41) is 6.66. The number of fused-ring (bicyclic) bond motifs is 1. The lowest BCUT2D eigenvalue weighted by Gasteiger charge is -2.13. The van der Waals surface area contributed by atoms with Crippen LogP contribution in [-0.4, -0.2) is 40.9 Å². The molecular weight excluding hydrogens is 370 g/mol. The van der Waals surface area contributed by atoms with Gasteiger partial charge in [0.2, 0.25) is 5.88 Å². The molecule has 28 heavy (non-hydrogen) atoms. The van der Waals surface area contributed by atoms with Crippen molar-refractivity contribution < 1.29 is 4.74 Å². The largest absolute Gasteiger partial charge is 0.476 e. The molecule has 2 heterocycles. The van der Waals surface area contributed by atoms with E-state index in [9.17, 15) is 0 Å². The number of benzene rings is 2. The molecule has 0 aliphatic carbocycles. The van der Waals surface area contributed by atoms with Crippen molar-refractivity contribution in [3.63, 3.8) is 0 Å². The van der Waals surface area contributed by atoms with Crippen LogP contribution in [0.25, 0.3) is 10.9 Å². The Balaban J connectivity index is 1.51. The zero-order valence-electron chi connectivity index (χ0n) is 16.5. The first kappa shape index (κ1) is 19.3. The van der Waals surface area contributed by atoms with Crippen molar-refractivity contribution >= 4 is 22.5 Å². The molecular formula is C23H28ClN3O. The molecule has 0 spiro atoms. The second kappa shape index (κ2) is 8.97. The molecule has 1 fully saturated rings. The maximum absolute atomic E-state index is 6.14. The van der Waals surface area contributed by atoms with E-state index in [4.69, 9.17) is 21.4 Å². The van der Waals surface area contributed by atoms with Crippen molar-refractivity contribution in [2.24, 2.45) is 0 Å². The highest BCUT2D eigenvalue weighted by Gasteiger charge is 2.14. The molecule has 1 saturated heterocycles. The van der Waals surface area contributed by atoms with E-state index in [-0.39, 0.29) is 0 Å². The highest BCUT2D eigenvalue weighted by atomic mass is 35.5. The number of aromatic nitrogens is 2. The molecule has 148 valence electrons. The Morgan fingerprint density at radius 1 is 1.04 bits per heavy atom. The average Bonchev–Trinajstić information content (AvgIpc) is 3.35. The number of likely N-dealkylation sites (tertiary alicyclic amines) is 1. The molecule has 0 atom stereocenters. The van der Waals surface area contributed by atoms with Crippen molar-refractivity contribution in [2.75, 3.05) is 26.2 Å². The molecule has 5 heteroatoms. The van der Waals surface area contributed by atoms with Crippen LogP contribution in [0.1, 0.15) is 37.3 Å². The van der Waals surface area contributed by atoms with E-state index in [0.717, 1.165) is 41.2 Å². The summed E-state index contributed by atoms with van der Waals surface area (Å²) >= 11 is 6.02. The van der Waals surface area contributed by atoms with Gasteiger partial charge < -0.3 is 9.64 Å². The maximum atomic E-state index is 6.14. The first-order chi connectivity index (χ1) is 13.7. The van der Waals surface area contributed by atoms with E-state index < -0.39 is 0 Å². The SMILES string of the molecule is CCc1ccc2c(c1)c(OCCCN1CCCC1)nn2Cc1ccc(Cl)cc1. The molecule has 2 aromatic carbocycles. The summed E-state index contributed by atoms with van der Waals surface area (Å²) in [4.78, 5) is 2.52. The van der Waals surface area contributed by atoms with Gasteiger partial charge in [-0.25, -0.2) is 0 Å². The Hall–Kier alpha value is -2.04. The smallest absolute Gasteiger partial charge is 0.240 e. The van der Waals surface area contributed by atoms with Crippen molar-refractivity contribution in [3.8, 4) is 5.88 Å². The average molecular weight is 398 g/mol. The lowest BCUT2D eigenvalue weighted by Crippen LogP contribution is -2.22. The number of ether oxygens (including phenoxy) is 1. The van der Waals surface area contributed by atoms with Gasteiger partial charge in [0.05, 0.1) is 24.1 Å². The van der Waals surface area contributed by atoms with Crippen molar-refractivity contribution in [1.29, 1.82) is 0 Å². The summed E-state index contributed by atoms with van der Waals surface area (Å²) in [6, 6.07) is 14.5. The molecule has 0 saturated carbocycles. The summed E-state index contributed by atoms with van der Waals surface area (Å²) in [6.45, 7) is 7.17. The highest BCUT2D eigenvalue weighted by molar-refractivity contribution is 6.30. The third-order valence-corrected chi connectivity index (χ3v) is 5.74. The minimum atomic E-state index is 0.705. The molecule has 1 aliphatic heterocycles. The lowest BCUT2D eigenvalue weighted by molar-refractivity contribution is 0.257. The molecule has 0 radical (unpaired) electrons. The van der Waals surface area contributed by atoms with Crippen LogP contribution in [0, 0.1) is 0 Å². The fraction of sp³-hybridized carbons (Fsp3) is 0.435. The Labute approximate surface area is 172 Å². The third-order valence-electron chi connectivity index (χ3n) is 5.49. The number of aryl methyl sites for hydroxylation is 1. The van der Waals surface area contributed by atoms with Gasteiger partial charge in [-0.1, -0.05) is 36.7 Å². The van der Waals surface area contributed by atoms with Crippen LogP contribution in [0.4, 0.5) is 0 Å². The second-order valence-corrected chi connectivity index (χ2v) is 7.98. The van der Waals surface area contributed by atoms with E-state index in [1.165, 1.54) is 37.1 Å². The molecule has 0 amide bonds. The quantitative estimate of drug-likeness (QED) is 0.491. The van der Waals surface area contributed by atoms with Gasteiger partial charge >= 0.3 is 0 Å². The van der Waals surface area contributed by atoms with Crippen LogP contribution in [0.3, 0.4) is 0 Å². The van der Waals surface area contributed by atoms with Gasteiger partial charge in [-0.3, -0.25) is 4.68 Å². The van der Waals surface area contributed by atoms with Crippen LogP contribution < -0.4 is 4.74 Å². The number of hydrogen-bond acceptors (Lipinski definition) is 3. The Morgan fingerprint density at radius 2 is 1.79 bits per heavy atom. The minimum Gasteiger partial charge on any atom is -0.476 e. The Morgan fingerprint density at radius 3 is 2.54 bits per heavy atom. The lowest BCUT2D eigenvalue weighted by atomic mass is 10.1. The van der Waals surface area contributed by atoms with E-state index in [1.807, 2.05) is 28.9 Å². The molecule has 0 N–H and O–H groups in total. The molecule has 4 rings (SSSR count). The zero-order chi connectivity index (χ0) is 19.3. The van der Waals surface area contributed by atoms with E-state index >= 15 is 0 Å². The summed E-state index contributed by atoms with van der Waals surface area (Å²) in [7, 11) is 0. The van der Waals surface area contributed by atoms with E-state index in [1.54, 1.807) is 0 Å². The van der Waals surface area contributed by atoms with Crippen LogP contribution in [0.15, 0.2) is 42.5 Å². The fourth-order valence-electron chi connectivity index (χ4n) is 3.87. The summed E-state index contributed by atoms with van der Waals surface area (Å²) < 4.78 is 8.17. The van der Waals surface area contributed by atoms with Gasteiger partial charge in [-0.15, -0.1) is 5.10 Å². The van der Waals surface area contributed by atoms with Crippen LogP contribution in [0.2, 0.25) is 5.02 Å². The number of rotatable bonds is 8. The number of halogens is 1. The molecule has 1 aliphatic rings. The predicted octanol–water partition coefficient (Wildman–Crippen LogP) is 5.17. The molecule has 0 bridgehead atoms. The van der Waals surface area contributed by atoms with E-state index in [0.29, 0.717) is 13.2 Å². The van der Waals surface area contributed by atoms with Gasteiger partial charge in [0.1, 0.15) is 0 Å². The fourth-order valence-corrected chi connectivity index (χ4v) is 4.00. The monoisotopic (exact) mass is 397 g/mol. The normalized spacial score (nSPS) is 14.8. The first-order valence-corrected chi connectivity index (χ1v) is 10.7. The van der Waals surface area contributed by atoms with Crippen LogP contribution >= 0.6 is 11.6 Å². The topological polar surface area (TPSA) is 30.3 Å². The summed E-state index contributed by atoms with van der Waals surface area (Å²) in [5.41, 5.74) is 3.59. The van der Waals surface area contributed by atoms with Crippen molar-refractivity contribution in [2.45, 2.75) is 39.2 Å². The minimum absolute atomic E-state index is 0.705. The molecule has 0 unspecified atom stereocenters. The Bertz CT molecular complexity index is 913. The second-order valence-electron chi connectivity index (χ2n) is 7.55. The summed E-state index contributed by atoms with van der Waals surface area (Å²) in [5.74, 6) is 0.751. The van der Waals surface area contributed by atoms with E-state index in [2.05, 4.69) is 30.0 Å².